The van der Waals surface area contributed by atoms with Gasteiger partial charge in [0.25, 0.3) is 0 Å². The number of hydrogen-bond donors (Lipinski definition) is 3. The molecule has 2 amide bonds. The smallest absolute Gasteiger partial charge is 0.243 e. The van der Waals surface area contributed by atoms with Crippen molar-refractivity contribution >= 4 is 41.5 Å². The van der Waals surface area contributed by atoms with Crippen molar-refractivity contribution in [2.75, 3.05) is 11.9 Å². The van der Waals surface area contributed by atoms with Crippen LogP contribution in [0.15, 0.2) is 18.2 Å². The normalized spacial score (nSPS) is 11.5. The number of amides is 2. The lowest BCUT2D eigenvalue weighted by Crippen LogP contribution is -2.46. The van der Waals surface area contributed by atoms with Gasteiger partial charge in [0.1, 0.15) is 0 Å². The molecule has 0 saturated heterocycles. The highest BCUT2D eigenvalue weighted by molar-refractivity contribution is 6.30. The van der Waals surface area contributed by atoms with E-state index in [1.165, 1.54) is 0 Å². The van der Waals surface area contributed by atoms with Crippen LogP contribution >= 0.6 is 24.0 Å². The van der Waals surface area contributed by atoms with E-state index in [4.69, 9.17) is 17.3 Å². The number of carbonyl (C=O) groups is 2. The second-order valence-corrected chi connectivity index (χ2v) is 5.43. The summed E-state index contributed by atoms with van der Waals surface area (Å²) in [4.78, 5) is 23.4. The molecule has 0 fully saturated rings. The Morgan fingerprint density at radius 2 is 1.95 bits per heavy atom. The fourth-order valence-electron chi connectivity index (χ4n) is 1.55. The molecule has 4 N–H and O–H groups in total. The van der Waals surface area contributed by atoms with Crippen molar-refractivity contribution in [3.63, 3.8) is 0 Å². The molecule has 1 aromatic rings. The third-order valence-electron chi connectivity index (χ3n) is 2.91. The summed E-state index contributed by atoms with van der Waals surface area (Å²) in [5, 5.41) is 5.83. The minimum absolute atomic E-state index is 0. The zero-order valence-corrected chi connectivity index (χ0v) is 13.8. The predicted octanol–water partition coefficient (Wildman–Crippen LogP) is 2.11. The Kier molecular flexibility index (Phi) is 8.32. The van der Waals surface area contributed by atoms with E-state index >= 15 is 0 Å². The number of benzene rings is 1. The van der Waals surface area contributed by atoms with Gasteiger partial charge in [0.2, 0.25) is 11.8 Å². The van der Waals surface area contributed by atoms with Crippen molar-refractivity contribution < 1.29 is 9.59 Å². The predicted molar refractivity (Wildman–Crippen MR) is 87.9 cm³/mol. The van der Waals surface area contributed by atoms with E-state index in [-0.39, 0.29) is 36.7 Å². The molecule has 0 bridgehead atoms. The molecule has 118 valence electrons. The van der Waals surface area contributed by atoms with Crippen LogP contribution in [0.2, 0.25) is 5.02 Å². The van der Waals surface area contributed by atoms with Crippen LogP contribution in [0, 0.1) is 12.8 Å². The Hall–Kier alpha value is -1.30. The fraction of sp³-hybridized carbons (Fsp3) is 0.429. The highest BCUT2D eigenvalue weighted by Crippen LogP contribution is 2.19. The molecule has 7 heteroatoms. The van der Waals surface area contributed by atoms with Gasteiger partial charge in [-0.25, -0.2) is 0 Å². The zero-order chi connectivity index (χ0) is 15.3. The lowest BCUT2D eigenvalue weighted by atomic mass is 10.1. The molecule has 0 aliphatic carbocycles. The number of aryl methyl sites for hydroxylation is 1. The molecule has 0 unspecified atom stereocenters. The summed E-state index contributed by atoms with van der Waals surface area (Å²) in [5.41, 5.74) is 7.21. The summed E-state index contributed by atoms with van der Waals surface area (Å²) in [6.45, 7) is 5.43. The first-order valence-electron chi connectivity index (χ1n) is 6.40. The highest BCUT2D eigenvalue weighted by Gasteiger charge is 2.17. The van der Waals surface area contributed by atoms with E-state index < -0.39 is 6.04 Å². The topological polar surface area (TPSA) is 84.2 Å². The van der Waals surface area contributed by atoms with Crippen molar-refractivity contribution in [2.45, 2.75) is 26.8 Å². The largest absolute Gasteiger partial charge is 0.346 e. The van der Waals surface area contributed by atoms with Gasteiger partial charge in [0.05, 0.1) is 12.6 Å². The first-order valence-corrected chi connectivity index (χ1v) is 6.78. The van der Waals surface area contributed by atoms with Crippen LogP contribution in [0.3, 0.4) is 0 Å². The van der Waals surface area contributed by atoms with E-state index in [0.717, 1.165) is 5.56 Å². The summed E-state index contributed by atoms with van der Waals surface area (Å²) in [7, 11) is 0. The average Bonchev–Trinajstić information content (AvgIpc) is 2.38. The Morgan fingerprint density at radius 1 is 1.33 bits per heavy atom. The van der Waals surface area contributed by atoms with Crippen LogP contribution in [0.25, 0.3) is 0 Å². The molecule has 1 rings (SSSR count). The van der Waals surface area contributed by atoms with E-state index in [1.807, 2.05) is 20.8 Å². The molecule has 0 saturated carbocycles. The van der Waals surface area contributed by atoms with Gasteiger partial charge in [-0.2, -0.15) is 0 Å². The van der Waals surface area contributed by atoms with Crippen LogP contribution in [0.4, 0.5) is 5.69 Å². The van der Waals surface area contributed by atoms with Crippen LogP contribution in [0.1, 0.15) is 19.4 Å². The van der Waals surface area contributed by atoms with Gasteiger partial charge in [-0.15, -0.1) is 12.4 Å². The average molecular weight is 334 g/mol. The standard InChI is InChI=1S/C14H20ClN3O2.ClH/c1-8(2)13(16)14(20)17-7-12(19)18-11-5-4-10(15)6-9(11)3;/h4-6,8,13H,7,16H2,1-3H3,(H,17,20)(H,18,19);1H/t13-;/m0./s1. The number of anilines is 1. The summed E-state index contributed by atoms with van der Waals surface area (Å²) in [6.07, 6.45) is 0. The molecular weight excluding hydrogens is 313 g/mol. The van der Waals surface area contributed by atoms with Crippen molar-refractivity contribution in [3.05, 3.63) is 28.8 Å². The van der Waals surface area contributed by atoms with Gasteiger partial charge in [-0.1, -0.05) is 25.4 Å². The number of rotatable bonds is 5. The second-order valence-electron chi connectivity index (χ2n) is 5.00. The molecule has 0 radical (unpaired) electrons. The third kappa shape index (κ3) is 6.33. The van der Waals surface area contributed by atoms with E-state index in [9.17, 15) is 9.59 Å². The molecule has 5 nitrogen and oxygen atoms in total. The van der Waals surface area contributed by atoms with Gasteiger partial charge in [-0.05, 0) is 36.6 Å². The number of halogens is 2. The maximum atomic E-state index is 11.7. The Bertz CT molecular complexity index is 507. The number of hydrogen-bond acceptors (Lipinski definition) is 3. The molecule has 0 heterocycles. The fourth-order valence-corrected chi connectivity index (χ4v) is 1.78. The van der Waals surface area contributed by atoms with Crippen molar-refractivity contribution in [2.24, 2.45) is 11.7 Å². The van der Waals surface area contributed by atoms with Gasteiger partial charge in [0, 0.05) is 10.7 Å². The Labute approximate surface area is 136 Å². The molecule has 0 spiro atoms. The van der Waals surface area contributed by atoms with Gasteiger partial charge < -0.3 is 16.4 Å². The first kappa shape index (κ1) is 19.7. The monoisotopic (exact) mass is 333 g/mol. The summed E-state index contributed by atoms with van der Waals surface area (Å²) in [6, 6.07) is 4.55. The molecule has 0 aliphatic heterocycles. The minimum Gasteiger partial charge on any atom is -0.346 e. The van der Waals surface area contributed by atoms with Crippen LogP contribution in [0.5, 0.6) is 0 Å². The summed E-state index contributed by atoms with van der Waals surface area (Å²) < 4.78 is 0. The quantitative estimate of drug-likeness (QED) is 0.771. The third-order valence-corrected chi connectivity index (χ3v) is 3.14. The zero-order valence-electron chi connectivity index (χ0n) is 12.3. The van der Waals surface area contributed by atoms with Crippen LogP contribution < -0.4 is 16.4 Å². The maximum absolute atomic E-state index is 11.7. The van der Waals surface area contributed by atoms with Crippen molar-refractivity contribution in [1.29, 1.82) is 0 Å². The minimum atomic E-state index is -0.611. The van der Waals surface area contributed by atoms with Crippen molar-refractivity contribution in [3.8, 4) is 0 Å². The first-order chi connectivity index (χ1) is 9.31. The SMILES string of the molecule is Cc1cc(Cl)ccc1NC(=O)CNC(=O)[C@@H](N)C(C)C.Cl. The van der Waals surface area contributed by atoms with Crippen LogP contribution in [-0.4, -0.2) is 24.4 Å². The maximum Gasteiger partial charge on any atom is 0.243 e. The summed E-state index contributed by atoms with van der Waals surface area (Å²) in [5.74, 6) is -0.612. The van der Waals surface area contributed by atoms with E-state index in [1.54, 1.807) is 18.2 Å². The molecule has 1 atom stereocenters. The lowest BCUT2D eigenvalue weighted by molar-refractivity contribution is -0.125. The van der Waals surface area contributed by atoms with E-state index in [2.05, 4.69) is 10.6 Å². The highest BCUT2D eigenvalue weighted by atomic mass is 35.5. The van der Waals surface area contributed by atoms with Crippen LogP contribution in [-0.2, 0) is 9.59 Å². The summed E-state index contributed by atoms with van der Waals surface area (Å²) >= 11 is 5.84. The molecule has 21 heavy (non-hydrogen) atoms. The molecule has 0 aliphatic rings. The van der Waals surface area contributed by atoms with E-state index in [0.29, 0.717) is 10.7 Å². The van der Waals surface area contributed by atoms with Gasteiger partial charge in [-0.3, -0.25) is 9.59 Å². The number of carbonyl (C=O) groups excluding carboxylic acids is 2. The van der Waals surface area contributed by atoms with Gasteiger partial charge >= 0.3 is 0 Å². The lowest BCUT2D eigenvalue weighted by Gasteiger charge is -2.15. The number of nitrogens with two attached hydrogens (primary N) is 1. The second kappa shape index (κ2) is 8.87. The number of nitrogens with one attached hydrogen (secondary N) is 2. The Balaban J connectivity index is 0.00000400. The Morgan fingerprint density at radius 3 is 2.48 bits per heavy atom. The molecular formula is C14H21Cl2N3O2. The molecule has 1 aromatic carbocycles. The van der Waals surface area contributed by atoms with Gasteiger partial charge in [0.15, 0.2) is 0 Å². The van der Waals surface area contributed by atoms with Crippen molar-refractivity contribution in [1.82, 2.24) is 5.32 Å². The molecule has 0 aromatic heterocycles.